The van der Waals surface area contributed by atoms with Crippen molar-refractivity contribution in [3.63, 3.8) is 0 Å². The highest BCUT2D eigenvalue weighted by molar-refractivity contribution is 5.85. The van der Waals surface area contributed by atoms with E-state index in [0.29, 0.717) is 12.2 Å². The SMILES string of the molecule is C/C(=C\CCCCOc1ccc2ccccc2c1)C(=O)O. The van der Waals surface area contributed by atoms with Crippen LogP contribution in [0.3, 0.4) is 0 Å². The molecule has 0 aliphatic rings. The molecule has 0 saturated heterocycles. The number of carboxylic acids is 1. The van der Waals surface area contributed by atoms with E-state index in [1.54, 1.807) is 13.0 Å². The van der Waals surface area contributed by atoms with Crippen molar-refractivity contribution in [2.75, 3.05) is 6.61 Å². The van der Waals surface area contributed by atoms with Crippen molar-refractivity contribution in [1.29, 1.82) is 0 Å². The summed E-state index contributed by atoms with van der Waals surface area (Å²) in [6.07, 6.45) is 4.38. The minimum Gasteiger partial charge on any atom is -0.494 e. The highest BCUT2D eigenvalue weighted by Crippen LogP contribution is 2.20. The van der Waals surface area contributed by atoms with Gasteiger partial charge < -0.3 is 9.84 Å². The molecule has 0 radical (unpaired) electrons. The van der Waals surface area contributed by atoms with Crippen molar-refractivity contribution in [2.45, 2.75) is 26.2 Å². The van der Waals surface area contributed by atoms with E-state index in [9.17, 15) is 4.79 Å². The number of carbonyl (C=O) groups is 1. The smallest absolute Gasteiger partial charge is 0.330 e. The Morgan fingerprint density at radius 3 is 2.67 bits per heavy atom. The number of hydrogen-bond acceptors (Lipinski definition) is 2. The average Bonchev–Trinajstić information content (AvgIpc) is 2.50. The van der Waals surface area contributed by atoms with E-state index in [4.69, 9.17) is 9.84 Å². The number of ether oxygens (including phenoxy) is 1. The van der Waals surface area contributed by atoms with Crippen LogP contribution in [-0.2, 0) is 4.79 Å². The van der Waals surface area contributed by atoms with Gasteiger partial charge in [0.15, 0.2) is 0 Å². The van der Waals surface area contributed by atoms with Crippen LogP contribution in [0.5, 0.6) is 5.75 Å². The molecule has 0 aromatic heterocycles. The van der Waals surface area contributed by atoms with Crippen molar-refractivity contribution in [2.24, 2.45) is 0 Å². The summed E-state index contributed by atoms with van der Waals surface area (Å²) >= 11 is 0. The van der Waals surface area contributed by atoms with Crippen LogP contribution in [0.2, 0.25) is 0 Å². The Morgan fingerprint density at radius 1 is 1.14 bits per heavy atom. The molecular formula is C18H20O3. The first-order valence-electron chi connectivity index (χ1n) is 7.18. The third-order valence-corrected chi connectivity index (χ3v) is 3.38. The minimum absolute atomic E-state index is 0.408. The number of carboxylic acid groups (broad SMARTS) is 1. The molecule has 2 rings (SSSR count). The molecule has 0 atom stereocenters. The van der Waals surface area contributed by atoms with Crippen molar-refractivity contribution in [3.05, 3.63) is 54.1 Å². The first kappa shape index (κ1) is 15.1. The molecule has 21 heavy (non-hydrogen) atoms. The second kappa shape index (κ2) is 7.48. The largest absolute Gasteiger partial charge is 0.494 e. The van der Waals surface area contributed by atoms with Crippen LogP contribution in [-0.4, -0.2) is 17.7 Å². The lowest BCUT2D eigenvalue weighted by Gasteiger charge is -2.07. The number of allylic oxidation sites excluding steroid dienone is 1. The Morgan fingerprint density at radius 2 is 1.90 bits per heavy atom. The summed E-state index contributed by atoms with van der Waals surface area (Å²) in [6, 6.07) is 14.3. The van der Waals surface area contributed by atoms with Gasteiger partial charge in [0, 0.05) is 5.57 Å². The van der Waals surface area contributed by atoms with Gasteiger partial charge in [0.2, 0.25) is 0 Å². The van der Waals surface area contributed by atoms with E-state index in [1.165, 1.54) is 10.8 Å². The monoisotopic (exact) mass is 284 g/mol. The number of unbranched alkanes of at least 4 members (excludes halogenated alkanes) is 2. The normalized spacial score (nSPS) is 11.6. The van der Waals surface area contributed by atoms with Crippen molar-refractivity contribution >= 4 is 16.7 Å². The summed E-state index contributed by atoms with van der Waals surface area (Å²) in [4.78, 5) is 10.6. The van der Waals surface area contributed by atoms with Crippen LogP contribution in [0.25, 0.3) is 10.8 Å². The molecule has 2 aromatic rings. The van der Waals surface area contributed by atoms with Crippen LogP contribution >= 0.6 is 0 Å². The Balaban J connectivity index is 1.75. The summed E-state index contributed by atoms with van der Waals surface area (Å²) in [5.74, 6) is 0.0355. The maximum atomic E-state index is 10.6. The zero-order valence-electron chi connectivity index (χ0n) is 12.2. The van der Waals surface area contributed by atoms with E-state index < -0.39 is 5.97 Å². The summed E-state index contributed by atoms with van der Waals surface area (Å²) in [5.41, 5.74) is 0.408. The zero-order valence-corrected chi connectivity index (χ0v) is 12.2. The fraction of sp³-hybridized carbons (Fsp3) is 0.278. The van der Waals surface area contributed by atoms with Crippen LogP contribution < -0.4 is 4.74 Å². The van der Waals surface area contributed by atoms with Gasteiger partial charge in [0.1, 0.15) is 5.75 Å². The van der Waals surface area contributed by atoms with Gasteiger partial charge >= 0.3 is 5.97 Å². The lowest BCUT2D eigenvalue weighted by molar-refractivity contribution is -0.132. The molecule has 0 aliphatic heterocycles. The van der Waals surface area contributed by atoms with Gasteiger partial charge in [-0.2, -0.15) is 0 Å². The van der Waals surface area contributed by atoms with E-state index in [2.05, 4.69) is 18.2 Å². The molecule has 0 amide bonds. The lowest BCUT2D eigenvalue weighted by Crippen LogP contribution is -1.98. The van der Waals surface area contributed by atoms with Gasteiger partial charge in [0.25, 0.3) is 0 Å². The molecule has 2 aromatic carbocycles. The molecule has 0 unspecified atom stereocenters. The molecule has 110 valence electrons. The number of aliphatic carboxylic acids is 1. The van der Waals surface area contributed by atoms with Gasteiger partial charge in [-0.1, -0.05) is 36.4 Å². The van der Waals surface area contributed by atoms with E-state index in [1.807, 2.05) is 24.3 Å². The van der Waals surface area contributed by atoms with Gasteiger partial charge in [-0.3, -0.25) is 0 Å². The summed E-state index contributed by atoms with van der Waals surface area (Å²) < 4.78 is 5.73. The third kappa shape index (κ3) is 4.63. The Labute approximate surface area is 124 Å². The topological polar surface area (TPSA) is 46.5 Å². The Bertz CT molecular complexity index is 644. The van der Waals surface area contributed by atoms with E-state index in [-0.39, 0.29) is 0 Å². The van der Waals surface area contributed by atoms with Crippen molar-refractivity contribution in [3.8, 4) is 5.75 Å². The molecule has 3 heteroatoms. The first-order chi connectivity index (χ1) is 10.2. The van der Waals surface area contributed by atoms with Crippen LogP contribution in [0, 0.1) is 0 Å². The van der Waals surface area contributed by atoms with Crippen LogP contribution in [0.15, 0.2) is 54.1 Å². The zero-order chi connectivity index (χ0) is 15.1. The molecule has 0 saturated carbocycles. The number of benzene rings is 2. The Kier molecular flexibility index (Phi) is 5.38. The summed E-state index contributed by atoms with van der Waals surface area (Å²) in [7, 11) is 0. The van der Waals surface area contributed by atoms with E-state index >= 15 is 0 Å². The second-order valence-electron chi connectivity index (χ2n) is 5.05. The molecule has 0 bridgehead atoms. The highest BCUT2D eigenvalue weighted by Gasteiger charge is 1.99. The maximum Gasteiger partial charge on any atom is 0.330 e. The quantitative estimate of drug-likeness (QED) is 0.604. The van der Waals surface area contributed by atoms with Crippen LogP contribution in [0.4, 0.5) is 0 Å². The minimum atomic E-state index is -0.845. The summed E-state index contributed by atoms with van der Waals surface area (Å²) in [5, 5.41) is 11.1. The maximum absolute atomic E-state index is 10.6. The van der Waals surface area contributed by atoms with Gasteiger partial charge in [-0.25, -0.2) is 4.79 Å². The third-order valence-electron chi connectivity index (χ3n) is 3.38. The second-order valence-corrected chi connectivity index (χ2v) is 5.05. The highest BCUT2D eigenvalue weighted by atomic mass is 16.5. The first-order valence-corrected chi connectivity index (χ1v) is 7.18. The molecule has 0 fully saturated rings. The fourth-order valence-electron chi connectivity index (χ4n) is 2.10. The molecular weight excluding hydrogens is 264 g/mol. The number of rotatable bonds is 7. The number of hydrogen-bond donors (Lipinski definition) is 1. The van der Waals surface area contributed by atoms with Gasteiger partial charge in [-0.05, 0) is 49.1 Å². The lowest BCUT2D eigenvalue weighted by atomic mass is 10.1. The molecule has 3 nitrogen and oxygen atoms in total. The summed E-state index contributed by atoms with van der Waals surface area (Å²) in [6.45, 7) is 2.27. The predicted octanol–water partition coefficient (Wildman–Crippen LogP) is 4.42. The average molecular weight is 284 g/mol. The molecule has 0 spiro atoms. The van der Waals surface area contributed by atoms with Crippen molar-refractivity contribution < 1.29 is 14.6 Å². The number of fused-ring (bicyclic) bond motifs is 1. The van der Waals surface area contributed by atoms with Crippen molar-refractivity contribution in [1.82, 2.24) is 0 Å². The van der Waals surface area contributed by atoms with Gasteiger partial charge in [0.05, 0.1) is 6.61 Å². The molecule has 1 N–H and O–H groups in total. The van der Waals surface area contributed by atoms with Gasteiger partial charge in [-0.15, -0.1) is 0 Å². The standard InChI is InChI=1S/C18H20O3/c1-14(18(19)20)7-3-2-6-12-21-17-11-10-15-8-4-5-9-16(15)13-17/h4-5,7-11,13H,2-3,6,12H2,1H3,(H,19,20)/b14-7+. The van der Waals surface area contributed by atoms with E-state index in [0.717, 1.165) is 25.0 Å². The molecule has 0 aliphatic carbocycles. The molecule has 0 heterocycles. The fourth-order valence-corrected chi connectivity index (χ4v) is 2.10. The van der Waals surface area contributed by atoms with Crippen LogP contribution in [0.1, 0.15) is 26.2 Å². The predicted molar refractivity (Wildman–Crippen MR) is 84.7 cm³/mol. The Hall–Kier alpha value is -2.29.